The highest BCUT2D eigenvalue weighted by atomic mass is 79.9. The molecule has 1 heterocycles. The van der Waals surface area contributed by atoms with Crippen molar-refractivity contribution in [3.05, 3.63) is 69.7 Å². The fraction of sp³-hybridized carbons (Fsp3) is 0. The highest BCUT2D eigenvalue weighted by Gasteiger charge is 2.25. The molecule has 1 aliphatic heterocycles. The molecule has 88 valence electrons. The zero-order valence-corrected chi connectivity index (χ0v) is 11.0. The highest BCUT2D eigenvalue weighted by Crippen LogP contribution is 2.32. The number of cyclic esters (lactones) is 1. The van der Waals surface area contributed by atoms with Gasteiger partial charge >= 0.3 is 5.97 Å². The summed E-state index contributed by atoms with van der Waals surface area (Å²) in [6.45, 7) is 0. The zero-order chi connectivity index (χ0) is 12.5. The lowest BCUT2D eigenvalue weighted by atomic mass is 10.1. The van der Waals surface area contributed by atoms with E-state index in [2.05, 4.69) is 15.9 Å². The minimum atomic E-state index is -0.288. The maximum Gasteiger partial charge on any atom is 0.344 e. The first-order valence-electron chi connectivity index (χ1n) is 5.53. The molecule has 3 heteroatoms. The molecular formula is C15H9BrO2. The maximum absolute atomic E-state index is 11.7. The van der Waals surface area contributed by atoms with Crippen LogP contribution in [-0.2, 0) is 4.74 Å². The molecule has 0 radical (unpaired) electrons. The van der Waals surface area contributed by atoms with Gasteiger partial charge < -0.3 is 4.74 Å². The van der Waals surface area contributed by atoms with Crippen LogP contribution in [0, 0.1) is 0 Å². The third-order valence-electron chi connectivity index (χ3n) is 2.81. The molecule has 0 aliphatic carbocycles. The summed E-state index contributed by atoms with van der Waals surface area (Å²) in [5.41, 5.74) is 2.45. The molecule has 2 aromatic rings. The highest BCUT2D eigenvalue weighted by molar-refractivity contribution is 9.10. The molecule has 2 aromatic carbocycles. The van der Waals surface area contributed by atoms with Crippen molar-refractivity contribution >= 4 is 33.7 Å². The largest absolute Gasteiger partial charge is 0.422 e. The SMILES string of the molecule is O=C1O/C(=C\c2ccccc2Br)c2ccccc21. The van der Waals surface area contributed by atoms with Crippen LogP contribution in [0.4, 0.5) is 0 Å². The van der Waals surface area contributed by atoms with Crippen molar-refractivity contribution in [1.82, 2.24) is 0 Å². The molecule has 2 nitrogen and oxygen atoms in total. The second-order valence-electron chi connectivity index (χ2n) is 3.97. The number of carbonyl (C=O) groups excluding carboxylic acids is 1. The Hall–Kier alpha value is -1.87. The summed E-state index contributed by atoms with van der Waals surface area (Å²) in [5.74, 6) is 0.311. The first-order chi connectivity index (χ1) is 8.75. The first kappa shape index (κ1) is 11.2. The number of hydrogen-bond acceptors (Lipinski definition) is 2. The molecule has 1 aliphatic rings. The molecular weight excluding hydrogens is 292 g/mol. The van der Waals surface area contributed by atoms with Crippen LogP contribution in [0.3, 0.4) is 0 Å². The van der Waals surface area contributed by atoms with Gasteiger partial charge in [0.2, 0.25) is 0 Å². The summed E-state index contributed by atoms with van der Waals surface area (Å²) in [6, 6.07) is 15.2. The summed E-state index contributed by atoms with van der Waals surface area (Å²) in [7, 11) is 0. The summed E-state index contributed by atoms with van der Waals surface area (Å²) in [6.07, 6.45) is 1.87. The standard InChI is InChI=1S/C15H9BrO2/c16-13-8-4-1-5-10(13)9-14-11-6-2-3-7-12(11)15(17)18-14/h1-9H/b14-9-. The number of fused-ring (bicyclic) bond motifs is 1. The fourth-order valence-electron chi connectivity index (χ4n) is 1.93. The average Bonchev–Trinajstić information content (AvgIpc) is 2.70. The van der Waals surface area contributed by atoms with Crippen LogP contribution in [0.15, 0.2) is 53.0 Å². The van der Waals surface area contributed by atoms with E-state index in [0.29, 0.717) is 11.3 Å². The van der Waals surface area contributed by atoms with Gasteiger partial charge in [-0.1, -0.05) is 52.3 Å². The molecule has 3 rings (SSSR count). The van der Waals surface area contributed by atoms with Crippen LogP contribution in [0.25, 0.3) is 11.8 Å². The van der Waals surface area contributed by atoms with Gasteiger partial charge in [-0.3, -0.25) is 0 Å². The van der Waals surface area contributed by atoms with Gasteiger partial charge in [-0.05, 0) is 23.8 Å². The second-order valence-corrected chi connectivity index (χ2v) is 4.82. The van der Waals surface area contributed by atoms with Crippen molar-refractivity contribution in [1.29, 1.82) is 0 Å². The van der Waals surface area contributed by atoms with E-state index in [4.69, 9.17) is 4.74 Å². The van der Waals surface area contributed by atoms with Crippen molar-refractivity contribution in [2.75, 3.05) is 0 Å². The Morgan fingerprint density at radius 3 is 2.39 bits per heavy atom. The van der Waals surface area contributed by atoms with Crippen LogP contribution in [0.1, 0.15) is 21.5 Å². The lowest BCUT2D eigenvalue weighted by molar-refractivity contribution is 0.0717. The average molecular weight is 301 g/mol. The number of esters is 1. The summed E-state index contributed by atoms with van der Waals surface area (Å²) in [4.78, 5) is 11.7. The molecule has 0 spiro atoms. The van der Waals surface area contributed by atoms with Crippen LogP contribution < -0.4 is 0 Å². The van der Waals surface area contributed by atoms with Gasteiger partial charge in [0, 0.05) is 10.0 Å². The normalized spacial score (nSPS) is 15.6. The van der Waals surface area contributed by atoms with Gasteiger partial charge in [-0.2, -0.15) is 0 Å². The molecule has 0 N–H and O–H groups in total. The van der Waals surface area contributed by atoms with E-state index in [1.54, 1.807) is 6.07 Å². The molecule has 18 heavy (non-hydrogen) atoms. The third kappa shape index (κ3) is 1.87. The van der Waals surface area contributed by atoms with Crippen molar-refractivity contribution in [3.63, 3.8) is 0 Å². The summed E-state index contributed by atoms with van der Waals surface area (Å²) >= 11 is 3.47. The van der Waals surface area contributed by atoms with Crippen LogP contribution >= 0.6 is 15.9 Å². The molecule has 0 saturated heterocycles. The quantitative estimate of drug-likeness (QED) is 0.741. The number of hydrogen-bond donors (Lipinski definition) is 0. The predicted octanol–water partition coefficient (Wildman–Crippen LogP) is 4.12. The van der Waals surface area contributed by atoms with E-state index >= 15 is 0 Å². The minimum absolute atomic E-state index is 0.288. The van der Waals surface area contributed by atoms with Crippen molar-refractivity contribution in [2.45, 2.75) is 0 Å². The Kier molecular flexibility index (Phi) is 2.76. The van der Waals surface area contributed by atoms with Gasteiger partial charge in [0.1, 0.15) is 5.76 Å². The number of halogens is 1. The second kappa shape index (κ2) is 4.42. The Morgan fingerprint density at radius 2 is 1.61 bits per heavy atom. The Bertz CT molecular complexity index is 659. The van der Waals surface area contributed by atoms with Crippen molar-refractivity contribution < 1.29 is 9.53 Å². The van der Waals surface area contributed by atoms with E-state index in [1.165, 1.54) is 0 Å². The molecule has 0 unspecified atom stereocenters. The lowest BCUT2D eigenvalue weighted by Crippen LogP contribution is -1.92. The van der Waals surface area contributed by atoms with Crippen LogP contribution in [-0.4, -0.2) is 5.97 Å². The fourth-order valence-corrected chi connectivity index (χ4v) is 2.33. The van der Waals surface area contributed by atoms with Gasteiger partial charge in [-0.15, -0.1) is 0 Å². The Morgan fingerprint density at radius 1 is 0.944 bits per heavy atom. The van der Waals surface area contributed by atoms with E-state index in [9.17, 15) is 4.79 Å². The summed E-state index contributed by atoms with van der Waals surface area (Å²) in [5, 5.41) is 0. The maximum atomic E-state index is 11.7. The molecule has 0 fully saturated rings. The predicted molar refractivity (Wildman–Crippen MR) is 73.9 cm³/mol. The van der Waals surface area contributed by atoms with E-state index in [-0.39, 0.29) is 5.97 Å². The zero-order valence-electron chi connectivity index (χ0n) is 9.39. The summed E-state index contributed by atoms with van der Waals surface area (Å²) < 4.78 is 6.26. The van der Waals surface area contributed by atoms with E-state index in [0.717, 1.165) is 15.6 Å². The topological polar surface area (TPSA) is 26.3 Å². The van der Waals surface area contributed by atoms with Crippen LogP contribution in [0.5, 0.6) is 0 Å². The Balaban J connectivity index is 2.11. The number of rotatable bonds is 1. The third-order valence-corrected chi connectivity index (χ3v) is 3.53. The molecule has 0 bridgehead atoms. The van der Waals surface area contributed by atoms with Crippen LogP contribution in [0.2, 0.25) is 0 Å². The lowest BCUT2D eigenvalue weighted by Gasteiger charge is -2.01. The molecule has 0 amide bonds. The molecule has 0 atom stereocenters. The first-order valence-corrected chi connectivity index (χ1v) is 6.33. The smallest absolute Gasteiger partial charge is 0.344 e. The molecule has 0 aromatic heterocycles. The Labute approximate surface area is 113 Å². The van der Waals surface area contributed by atoms with E-state index < -0.39 is 0 Å². The van der Waals surface area contributed by atoms with Gasteiger partial charge in [0.15, 0.2) is 0 Å². The number of benzene rings is 2. The van der Waals surface area contributed by atoms with E-state index in [1.807, 2.05) is 48.5 Å². The number of carbonyl (C=O) groups is 1. The monoisotopic (exact) mass is 300 g/mol. The van der Waals surface area contributed by atoms with Crippen molar-refractivity contribution in [3.8, 4) is 0 Å². The van der Waals surface area contributed by atoms with Gasteiger partial charge in [-0.25, -0.2) is 4.79 Å². The van der Waals surface area contributed by atoms with Gasteiger partial charge in [0.05, 0.1) is 5.56 Å². The molecule has 0 saturated carbocycles. The number of ether oxygens (including phenoxy) is 1. The minimum Gasteiger partial charge on any atom is -0.422 e. The van der Waals surface area contributed by atoms with Crippen molar-refractivity contribution in [2.24, 2.45) is 0 Å². The van der Waals surface area contributed by atoms with Gasteiger partial charge in [0.25, 0.3) is 0 Å².